The second-order valence-corrected chi connectivity index (χ2v) is 5.67. The van der Waals surface area contributed by atoms with Crippen molar-refractivity contribution in [3.05, 3.63) is 35.5 Å². The largest absolute Gasteiger partial charge is 0.476 e. The minimum absolute atomic E-state index is 0.250. The van der Waals surface area contributed by atoms with Crippen LogP contribution in [0.5, 0.6) is 5.88 Å². The van der Waals surface area contributed by atoms with Crippen LogP contribution in [0.1, 0.15) is 15.9 Å². The minimum Gasteiger partial charge on any atom is -0.476 e. The Bertz CT molecular complexity index is 967. The molecule has 4 rings (SSSR count). The van der Waals surface area contributed by atoms with E-state index in [-0.39, 0.29) is 5.91 Å². The summed E-state index contributed by atoms with van der Waals surface area (Å²) < 4.78 is 7.22. The summed E-state index contributed by atoms with van der Waals surface area (Å²) in [6.07, 6.45) is 1.51. The normalized spacial score (nSPS) is 13.9. The molecule has 0 spiro atoms. The van der Waals surface area contributed by atoms with E-state index in [9.17, 15) is 4.79 Å². The zero-order chi connectivity index (χ0) is 17.4. The number of rotatable bonds is 1. The number of hydrogen-bond donors (Lipinski definition) is 3. The number of carbonyl (C=O) groups excluding carboxylic acids is 1. The van der Waals surface area contributed by atoms with Crippen molar-refractivity contribution in [1.82, 2.24) is 24.9 Å². The first-order valence-corrected chi connectivity index (χ1v) is 7.87. The Morgan fingerprint density at radius 2 is 2.08 bits per heavy atom. The Labute approximate surface area is 143 Å². The van der Waals surface area contributed by atoms with Gasteiger partial charge in [-0.05, 0) is 18.6 Å². The maximum absolute atomic E-state index is 12.4. The van der Waals surface area contributed by atoms with Crippen LogP contribution in [0, 0.1) is 6.92 Å². The van der Waals surface area contributed by atoms with E-state index in [0.717, 1.165) is 5.56 Å². The molecule has 1 aliphatic heterocycles. The first-order chi connectivity index (χ1) is 12.1. The molecule has 0 atom stereocenters. The summed E-state index contributed by atoms with van der Waals surface area (Å²) in [7, 11) is 1.78. The first kappa shape index (κ1) is 15.2. The highest BCUT2D eigenvalue weighted by atomic mass is 16.5. The lowest BCUT2D eigenvalue weighted by atomic mass is 10.3. The zero-order valence-electron chi connectivity index (χ0n) is 13.8. The van der Waals surface area contributed by atoms with Gasteiger partial charge in [0.15, 0.2) is 5.65 Å². The molecule has 1 aliphatic rings. The summed E-state index contributed by atoms with van der Waals surface area (Å²) in [5, 5.41) is 13.3. The molecule has 0 unspecified atom stereocenters. The van der Waals surface area contributed by atoms with Gasteiger partial charge in [0.25, 0.3) is 5.91 Å². The summed E-state index contributed by atoms with van der Waals surface area (Å²) in [5.41, 5.74) is 1.86. The number of nitrogens with zero attached hydrogens (tertiary/aromatic N) is 4. The van der Waals surface area contributed by atoms with Crippen LogP contribution in [0.4, 0.5) is 17.5 Å². The van der Waals surface area contributed by atoms with Gasteiger partial charge in [-0.15, -0.1) is 0 Å². The molecule has 0 saturated heterocycles. The Morgan fingerprint density at radius 3 is 2.92 bits per heavy atom. The lowest BCUT2D eigenvalue weighted by molar-refractivity contribution is 0.0948. The molecule has 0 saturated carbocycles. The number of ether oxygens (including phenoxy) is 1. The zero-order valence-corrected chi connectivity index (χ0v) is 13.8. The van der Waals surface area contributed by atoms with Crippen molar-refractivity contribution in [2.75, 3.05) is 30.8 Å². The van der Waals surface area contributed by atoms with Crippen molar-refractivity contribution < 1.29 is 9.53 Å². The molecule has 3 aromatic heterocycles. The maximum atomic E-state index is 12.4. The summed E-state index contributed by atoms with van der Waals surface area (Å²) in [5.74, 6) is 2.11. The van der Waals surface area contributed by atoms with Gasteiger partial charge in [-0.1, -0.05) is 0 Å². The molecule has 0 aliphatic carbocycles. The second-order valence-electron chi connectivity index (χ2n) is 5.67. The Kier molecular flexibility index (Phi) is 3.60. The molecule has 9 nitrogen and oxygen atoms in total. The van der Waals surface area contributed by atoms with Crippen molar-refractivity contribution in [2.45, 2.75) is 6.92 Å². The van der Waals surface area contributed by atoms with E-state index in [0.29, 0.717) is 47.7 Å². The van der Waals surface area contributed by atoms with Crippen molar-refractivity contribution in [2.24, 2.45) is 0 Å². The molecule has 128 valence electrons. The molecule has 3 N–H and O–H groups in total. The molecule has 0 radical (unpaired) electrons. The summed E-state index contributed by atoms with van der Waals surface area (Å²) in [6, 6.07) is 5.54. The van der Waals surface area contributed by atoms with Gasteiger partial charge in [-0.25, -0.2) is 4.98 Å². The molecule has 4 heterocycles. The van der Waals surface area contributed by atoms with Crippen LogP contribution < -0.4 is 20.7 Å². The Morgan fingerprint density at radius 1 is 1.24 bits per heavy atom. The molecule has 0 aromatic carbocycles. The van der Waals surface area contributed by atoms with Gasteiger partial charge in [-0.2, -0.15) is 14.6 Å². The SMILES string of the molecule is CNc1cc2nc3c(cnn13)C(=O)NCCOc1cc(C)cc(n1)N2. The monoisotopic (exact) mass is 339 g/mol. The number of fused-ring (bicyclic) bond motifs is 3. The molecule has 0 fully saturated rings. The highest BCUT2D eigenvalue weighted by Crippen LogP contribution is 2.23. The van der Waals surface area contributed by atoms with Crippen molar-refractivity contribution in [1.29, 1.82) is 0 Å². The smallest absolute Gasteiger partial charge is 0.256 e. The van der Waals surface area contributed by atoms with Gasteiger partial charge in [0.2, 0.25) is 5.88 Å². The summed E-state index contributed by atoms with van der Waals surface area (Å²) >= 11 is 0. The number of nitrogens with one attached hydrogen (secondary N) is 3. The van der Waals surface area contributed by atoms with Gasteiger partial charge in [0.1, 0.15) is 29.6 Å². The van der Waals surface area contributed by atoms with Crippen LogP contribution >= 0.6 is 0 Å². The molecule has 1 amide bonds. The summed E-state index contributed by atoms with van der Waals surface area (Å²) in [4.78, 5) is 21.4. The molecule has 4 bridgehead atoms. The van der Waals surface area contributed by atoms with E-state index in [4.69, 9.17) is 4.74 Å². The predicted octanol–water partition coefficient (Wildman–Crippen LogP) is 1.34. The quantitative estimate of drug-likeness (QED) is 0.614. The van der Waals surface area contributed by atoms with Crippen LogP contribution in [0.3, 0.4) is 0 Å². The van der Waals surface area contributed by atoms with E-state index < -0.39 is 0 Å². The Hall–Kier alpha value is -3.36. The van der Waals surface area contributed by atoms with Gasteiger partial charge >= 0.3 is 0 Å². The number of amides is 1. The second kappa shape index (κ2) is 5.93. The highest BCUT2D eigenvalue weighted by molar-refractivity contribution is 6.00. The van der Waals surface area contributed by atoms with E-state index in [1.165, 1.54) is 6.20 Å². The number of carbonyl (C=O) groups is 1. The maximum Gasteiger partial charge on any atom is 0.256 e. The first-order valence-electron chi connectivity index (χ1n) is 7.87. The van der Waals surface area contributed by atoms with Crippen molar-refractivity contribution >= 4 is 29.0 Å². The average molecular weight is 339 g/mol. The van der Waals surface area contributed by atoms with Crippen LogP contribution in [0.15, 0.2) is 24.4 Å². The Balaban J connectivity index is 1.89. The number of anilines is 3. The minimum atomic E-state index is -0.250. The van der Waals surface area contributed by atoms with Crippen LogP contribution in [-0.4, -0.2) is 45.7 Å². The van der Waals surface area contributed by atoms with Gasteiger partial charge in [0, 0.05) is 19.2 Å². The van der Waals surface area contributed by atoms with E-state index >= 15 is 0 Å². The fourth-order valence-electron chi connectivity index (χ4n) is 2.69. The predicted molar refractivity (Wildman–Crippen MR) is 92.6 cm³/mol. The number of aromatic nitrogens is 4. The number of hydrogen-bond acceptors (Lipinski definition) is 7. The highest BCUT2D eigenvalue weighted by Gasteiger charge is 2.17. The van der Waals surface area contributed by atoms with Crippen LogP contribution in [0.25, 0.3) is 5.65 Å². The number of aryl methyl sites for hydroxylation is 1. The summed E-state index contributed by atoms with van der Waals surface area (Å²) in [6.45, 7) is 2.64. The van der Waals surface area contributed by atoms with Crippen LogP contribution in [-0.2, 0) is 0 Å². The molecule has 3 aromatic rings. The average Bonchev–Trinajstić information content (AvgIpc) is 3.00. The molecule has 25 heavy (non-hydrogen) atoms. The molecular weight excluding hydrogens is 322 g/mol. The van der Waals surface area contributed by atoms with E-state index in [1.807, 2.05) is 19.1 Å². The topological polar surface area (TPSA) is 105 Å². The fraction of sp³-hybridized carbons (Fsp3) is 0.250. The third kappa shape index (κ3) is 2.80. The van der Waals surface area contributed by atoms with Crippen LogP contribution in [0.2, 0.25) is 0 Å². The van der Waals surface area contributed by atoms with Gasteiger partial charge < -0.3 is 20.7 Å². The van der Waals surface area contributed by atoms with Gasteiger partial charge in [0.05, 0.1) is 12.7 Å². The third-order valence-electron chi connectivity index (χ3n) is 3.81. The fourth-order valence-corrected chi connectivity index (χ4v) is 2.69. The molecule has 9 heteroatoms. The third-order valence-corrected chi connectivity index (χ3v) is 3.81. The van der Waals surface area contributed by atoms with E-state index in [1.54, 1.807) is 17.6 Å². The van der Waals surface area contributed by atoms with E-state index in [2.05, 4.69) is 31.0 Å². The van der Waals surface area contributed by atoms with Crippen molar-refractivity contribution in [3.8, 4) is 5.88 Å². The lowest BCUT2D eigenvalue weighted by Crippen LogP contribution is -2.28. The lowest BCUT2D eigenvalue weighted by Gasteiger charge is -2.11. The van der Waals surface area contributed by atoms with Gasteiger partial charge in [-0.3, -0.25) is 4.79 Å². The molecular formula is C16H17N7O2. The standard InChI is InChI=1S/C16H17N7O2/c1-9-5-11-20-12-7-13(17-2)23-15(22-12)10(8-19-23)16(24)18-3-4-25-14(6-9)21-11/h5-8,17H,3-4H2,1-2H3,(H,18,24)(H,20,21,22). The number of pyridine rings is 1. The van der Waals surface area contributed by atoms with Crippen molar-refractivity contribution in [3.63, 3.8) is 0 Å².